The maximum absolute atomic E-state index is 11.4. The molecule has 160 valence electrons. The Morgan fingerprint density at radius 2 is 1.83 bits per heavy atom. The maximum Gasteiger partial charge on any atom is 0.407 e. The van der Waals surface area contributed by atoms with Crippen LogP contribution in [0.2, 0.25) is 0 Å². The molecular formula is C23H26Br2N2O3. The highest BCUT2D eigenvalue weighted by Gasteiger charge is 2.35. The predicted molar refractivity (Wildman–Crippen MR) is 124 cm³/mol. The minimum absolute atomic E-state index is 0.0778. The van der Waals surface area contributed by atoms with Crippen molar-refractivity contribution in [3.8, 4) is 0 Å². The molecule has 0 radical (unpaired) electrons. The zero-order chi connectivity index (χ0) is 21.1. The van der Waals surface area contributed by atoms with Crippen molar-refractivity contribution in [1.29, 1.82) is 0 Å². The quantitative estimate of drug-likeness (QED) is 0.562. The fourth-order valence-electron chi connectivity index (χ4n) is 4.62. The first-order valence-corrected chi connectivity index (χ1v) is 12.0. The average Bonchev–Trinajstić information content (AvgIpc) is 2.97. The number of halogens is 2. The Labute approximate surface area is 194 Å². The van der Waals surface area contributed by atoms with Gasteiger partial charge in [0, 0.05) is 35.1 Å². The summed E-state index contributed by atoms with van der Waals surface area (Å²) in [5.41, 5.74) is 3.83. The van der Waals surface area contributed by atoms with E-state index in [1.165, 1.54) is 16.0 Å². The summed E-state index contributed by atoms with van der Waals surface area (Å²) in [5.74, 6) is 0. The van der Waals surface area contributed by atoms with Gasteiger partial charge in [0.2, 0.25) is 0 Å². The van der Waals surface area contributed by atoms with Crippen LogP contribution in [0, 0.1) is 0 Å². The van der Waals surface area contributed by atoms with Crippen molar-refractivity contribution in [2.45, 2.75) is 38.0 Å². The third-order valence-electron chi connectivity index (χ3n) is 6.00. The number of benzene rings is 2. The van der Waals surface area contributed by atoms with Gasteiger partial charge in [-0.15, -0.1) is 0 Å². The van der Waals surface area contributed by atoms with Crippen LogP contribution in [0.15, 0.2) is 51.4 Å². The summed E-state index contributed by atoms with van der Waals surface area (Å²) in [6.07, 6.45) is 2.07. The van der Waals surface area contributed by atoms with Crippen LogP contribution in [0.4, 0.5) is 4.79 Å². The van der Waals surface area contributed by atoms with Gasteiger partial charge in [0.05, 0.1) is 18.8 Å². The topological polar surface area (TPSA) is 53.0 Å². The van der Waals surface area contributed by atoms with Gasteiger partial charge >= 0.3 is 6.09 Å². The maximum atomic E-state index is 11.4. The normalized spacial score (nSPS) is 22.4. The molecule has 1 fully saturated rings. The van der Waals surface area contributed by atoms with Gasteiger partial charge in [0.1, 0.15) is 0 Å². The molecule has 2 atom stereocenters. The molecule has 1 heterocycles. The van der Waals surface area contributed by atoms with E-state index in [1.54, 1.807) is 0 Å². The van der Waals surface area contributed by atoms with Crippen molar-refractivity contribution in [2.75, 3.05) is 26.2 Å². The van der Waals surface area contributed by atoms with Gasteiger partial charge < -0.3 is 14.7 Å². The molecule has 4 rings (SSSR count). The van der Waals surface area contributed by atoms with Crippen LogP contribution < -0.4 is 0 Å². The number of hydrogen-bond acceptors (Lipinski definition) is 3. The van der Waals surface area contributed by atoms with E-state index >= 15 is 0 Å². The smallest absolute Gasteiger partial charge is 0.407 e. The van der Waals surface area contributed by atoms with Crippen molar-refractivity contribution in [1.82, 2.24) is 9.80 Å². The van der Waals surface area contributed by atoms with Crippen LogP contribution in [-0.4, -0.2) is 53.3 Å². The Morgan fingerprint density at radius 3 is 2.60 bits per heavy atom. The van der Waals surface area contributed by atoms with E-state index < -0.39 is 6.09 Å². The highest BCUT2D eigenvalue weighted by molar-refractivity contribution is 9.11. The lowest BCUT2D eigenvalue weighted by atomic mass is 9.84. The van der Waals surface area contributed by atoms with Crippen molar-refractivity contribution in [3.63, 3.8) is 0 Å². The first kappa shape index (κ1) is 21.8. The monoisotopic (exact) mass is 536 g/mol. The second-order valence-corrected chi connectivity index (χ2v) is 9.80. The molecule has 1 amide bonds. The largest absolute Gasteiger partial charge is 0.465 e. The van der Waals surface area contributed by atoms with Crippen LogP contribution in [0.1, 0.15) is 35.6 Å². The van der Waals surface area contributed by atoms with Crippen molar-refractivity contribution in [2.24, 2.45) is 0 Å². The highest BCUT2D eigenvalue weighted by Crippen LogP contribution is 2.37. The number of ether oxygens (including phenoxy) is 1. The molecule has 0 aromatic heterocycles. The molecular weight excluding hydrogens is 512 g/mol. The third-order valence-corrected chi connectivity index (χ3v) is 6.92. The lowest BCUT2D eigenvalue weighted by Gasteiger charge is -2.40. The van der Waals surface area contributed by atoms with Crippen molar-refractivity contribution >= 4 is 38.0 Å². The Bertz CT molecular complexity index is 888. The number of rotatable bonds is 4. The summed E-state index contributed by atoms with van der Waals surface area (Å²) in [7, 11) is 0. The second kappa shape index (κ2) is 9.81. The molecule has 7 heteroatoms. The lowest BCUT2D eigenvalue weighted by molar-refractivity contribution is -0.0340. The number of fused-ring (bicyclic) bond motifs is 1. The molecule has 0 saturated carbocycles. The summed E-state index contributed by atoms with van der Waals surface area (Å²) in [6.45, 7) is 3.30. The Balaban J connectivity index is 1.55. The van der Waals surface area contributed by atoms with Crippen LogP contribution >= 0.6 is 31.9 Å². The van der Waals surface area contributed by atoms with E-state index in [-0.39, 0.29) is 12.1 Å². The number of carboxylic acid groups (broad SMARTS) is 1. The minimum atomic E-state index is -0.825. The molecule has 1 N–H and O–H groups in total. The molecule has 2 aromatic carbocycles. The molecule has 0 spiro atoms. The van der Waals surface area contributed by atoms with Gasteiger partial charge in [-0.1, -0.05) is 56.1 Å². The molecule has 1 aliphatic heterocycles. The van der Waals surface area contributed by atoms with Gasteiger partial charge in [-0.2, -0.15) is 0 Å². The van der Waals surface area contributed by atoms with Gasteiger partial charge in [-0.3, -0.25) is 4.90 Å². The lowest BCUT2D eigenvalue weighted by Crippen LogP contribution is -2.43. The molecule has 2 aliphatic rings. The summed E-state index contributed by atoms with van der Waals surface area (Å²) >= 11 is 7.11. The van der Waals surface area contributed by atoms with Crippen LogP contribution in [0.5, 0.6) is 0 Å². The molecule has 0 bridgehead atoms. The zero-order valence-corrected chi connectivity index (χ0v) is 19.9. The molecule has 30 heavy (non-hydrogen) atoms. The van der Waals surface area contributed by atoms with E-state index in [9.17, 15) is 9.90 Å². The van der Waals surface area contributed by atoms with E-state index in [1.807, 2.05) is 6.07 Å². The summed E-state index contributed by atoms with van der Waals surface area (Å²) in [6, 6.07) is 15.0. The minimum Gasteiger partial charge on any atom is -0.465 e. The summed E-state index contributed by atoms with van der Waals surface area (Å²) < 4.78 is 8.56. The highest BCUT2D eigenvalue weighted by atomic mass is 79.9. The van der Waals surface area contributed by atoms with Crippen molar-refractivity contribution in [3.05, 3.63) is 68.1 Å². The SMILES string of the molecule is O=C(O)N1CCCN(C2c3ccccc3CCC2OCc2cc(Br)cc(Br)c2)CC1. The van der Waals surface area contributed by atoms with E-state index in [4.69, 9.17) is 4.74 Å². The fourth-order valence-corrected chi connectivity index (χ4v) is 6.01. The molecule has 2 aromatic rings. The molecule has 1 saturated heterocycles. The van der Waals surface area contributed by atoms with Gasteiger partial charge in [-0.05, 0) is 54.2 Å². The number of amides is 1. The number of hydrogen-bond donors (Lipinski definition) is 1. The van der Waals surface area contributed by atoms with Gasteiger partial charge in [-0.25, -0.2) is 4.79 Å². The first-order chi connectivity index (χ1) is 14.5. The number of aryl methyl sites for hydroxylation is 1. The average molecular weight is 538 g/mol. The molecule has 2 unspecified atom stereocenters. The number of carbonyl (C=O) groups is 1. The molecule has 1 aliphatic carbocycles. The predicted octanol–water partition coefficient (Wildman–Crippen LogP) is 5.47. The van der Waals surface area contributed by atoms with Crippen molar-refractivity contribution < 1.29 is 14.6 Å². The molecule has 5 nitrogen and oxygen atoms in total. The van der Waals surface area contributed by atoms with Crippen LogP contribution in [0.25, 0.3) is 0 Å². The Morgan fingerprint density at radius 1 is 1.07 bits per heavy atom. The van der Waals surface area contributed by atoms with E-state index in [0.717, 1.165) is 46.9 Å². The van der Waals surface area contributed by atoms with E-state index in [2.05, 4.69) is 73.2 Å². The fraction of sp³-hybridized carbons (Fsp3) is 0.435. The standard InChI is InChI=1S/C23H26Br2N2O3/c24-18-12-16(13-19(25)14-18)15-30-21-7-6-17-4-1-2-5-20(17)22(21)26-8-3-9-27(11-10-26)23(28)29/h1-2,4-5,12-14,21-22H,3,6-11,15H2,(H,28,29). The summed E-state index contributed by atoms with van der Waals surface area (Å²) in [5, 5.41) is 9.40. The third kappa shape index (κ3) is 5.07. The second-order valence-electron chi connectivity index (χ2n) is 7.97. The van der Waals surface area contributed by atoms with Crippen LogP contribution in [0.3, 0.4) is 0 Å². The van der Waals surface area contributed by atoms with E-state index in [0.29, 0.717) is 19.7 Å². The summed E-state index contributed by atoms with van der Waals surface area (Å²) in [4.78, 5) is 15.4. The number of nitrogens with zero attached hydrogens (tertiary/aromatic N) is 2. The van der Waals surface area contributed by atoms with Crippen LogP contribution in [-0.2, 0) is 17.8 Å². The first-order valence-electron chi connectivity index (χ1n) is 10.4. The Hall–Kier alpha value is -1.41. The van der Waals surface area contributed by atoms with Gasteiger partial charge in [0.15, 0.2) is 0 Å². The Kier molecular flexibility index (Phi) is 7.13. The van der Waals surface area contributed by atoms with Gasteiger partial charge in [0.25, 0.3) is 0 Å². The zero-order valence-electron chi connectivity index (χ0n) is 16.8.